The largest absolute Gasteiger partial charge is 0.330 e. The van der Waals surface area contributed by atoms with Gasteiger partial charge in [0.25, 0.3) is 5.91 Å². The van der Waals surface area contributed by atoms with E-state index in [0.29, 0.717) is 17.8 Å². The third kappa shape index (κ3) is 3.26. The first-order valence-corrected chi connectivity index (χ1v) is 9.77. The lowest BCUT2D eigenvalue weighted by Gasteiger charge is -2.22. The van der Waals surface area contributed by atoms with Gasteiger partial charge in [-0.05, 0) is 32.9 Å². The fourth-order valence-corrected chi connectivity index (χ4v) is 3.84. The molecule has 0 aromatic carbocycles. The maximum absolute atomic E-state index is 13.2. The van der Waals surface area contributed by atoms with Crippen molar-refractivity contribution in [3.8, 4) is 0 Å². The lowest BCUT2D eigenvalue weighted by atomic mass is 10.1. The van der Waals surface area contributed by atoms with Gasteiger partial charge in [-0.25, -0.2) is 14.1 Å². The van der Waals surface area contributed by atoms with E-state index in [0.717, 1.165) is 49.4 Å². The van der Waals surface area contributed by atoms with Gasteiger partial charge in [-0.15, -0.1) is 0 Å². The summed E-state index contributed by atoms with van der Waals surface area (Å²) in [5.74, 6) is -0.0797. The number of carbonyl (C=O) groups is 1. The number of amides is 1. The molecule has 0 bridgehead atoms. The van der Waals surface area contributed by atoms with E-state index in [2.05, 4.69) is 39.1 Å². The zero-order valence-electron chi connectivity index (χ0n) is 16.5. The van der Waals surface area contributed by atoms with E-state index in [1.165, 1.54) is 0 Å². The van der Waals surface area contributed by atoms with Crippen molar-refractivity contribution in [3.63, 3.8) is 0 Å². The van der Waals surface area contributed by atoms with Crippen LogP contribution in [0.5, 0.6) is 0 Å². The molecule has 3 aromatic heterocycles. The van der Waals surface area contributed by atoms with E-state index in [9.17, 15) is 4.79 Å². The van der Waals surface area contributed by atoms with Crippen molar-refractivity contribution in [2.75, 3.05) is 19.6 Å². The first-order chi connectivity index (χ1) is 13.6. The Hall–Kier alpha value is -2.81. The molecule has 1 atom stereocenters. The molecule has 1 unspecified atom stereocenters. The number of hydrogen-bond acceptors (Lipinski definition) is 7. The molecule has 1 aliphatic heterocycles. The van der Waals surface area contributed by atoms with E-state index in [1.54, 1.807) is 10.7 Å². The molecule has 0 spiro atoms. The summed E-state index contributed by atoms with van der Waals surface area (Å²) in [5.41, 5.74) is 3.62. The lowest BCUT2D eigenvalue weighted by molar-refractivity contribution is 0.0732. The van der Waals surface area contributed by atoms with Crippen LogP contribution in [0.15, 0.2) is 23.2 Å². The molecule has 9 nitrogen and oxygen atoms in total. The van der Waals surface area contributed by atoms with Gasteiger partial charge in [-0.3, -0.25) is 9.69 Å². The minimum Gasteiger partial charge on any atom is -0.330 e. The lowest BCUT2D eigenvalue weighted by Crippen LogP contribution is -2.31. The van der Waals surface area contributed by atoms with E-state index in [4.69, 9.17) is 4.63 Å². The van der Waals surface area contributed by atoms with Crippen LogP contribution in [0.25, 0.3) is 5.65 Å². The van der Waals surface area contributed by atoms with Crippen molar-refractivity contribution in [1.82, 2.24) is 34.7 Å². The highest BCUT2D eigenvalue weighted by Gasteiger charge is 2.35. The summed E-state index contributed by atoms with van der Waals surface area (Å²) in [6, 6.07) is -0.115. The van der Waals surface area contributed by atoms with Gasteiger partial charge in [0.15, 0.2) is 5.65 Å². The first-order valence-electron chi connectivity index (χ1n) is 9.77. The van der Waals surface area contributed by atoms with Crippen LogP contribution in [0.2, 0.25) is 0 Å². The van der Waals surface area contributed by atoms with Crippen LogP contribution < -0.4 is 0 Å². The van der Waals surface area contributed by atoms with Crippen molar-refractivity contribution in [2.24, 2.45) is 0 Å². The van der Waals surface area contributed by atoms with Crippen molar-refractivity contribution < 1.29 is 9.42 Å². The van der Waals surface area contributed by atoms with Crippen molar-refractivity contribution in [2.45, 2.75) is 46.2 Å². The van der Waals surface area contributed by atoms with Gasteiger partial charge in [-0.2, -0.15) is 5.10 Å². The van der Waals surface area contributed by atoms with Crippen molar-refractivity contribution in [3.05, 3.63) is 41.1 Å². The Kier molecular flexibility index (Phi) is 5.08. The molecule has 148 valence electrons. The molecule has 1 saturated heterocycles. The first kappa shape index (κ1) is 18.5. The van der Waals surface area contributed by atoms with Crippen LogP contribution in [0.1, 0.15) is 60.0 Å². The molecule has 0 N–H and O–H groups in total. The third-order valence-electron chi connectivity index (χ3n) is 5.46. The zero-order chi connectivity index (χ0) is 19.7. The summed E-state index contributed by atoms with van der Waals surface area (Å²) in [7, 11) is 0. The Morgan fingerprint density at radius 2 is 2.11 bits per heavy atom. The molecule has 1 aliphatic rings. The van der Waals surface area contributed by atoms with Crippen LogP contribution in [-0.4, -0.2) is 60.3 Å². The topological polar surface area (TPSA) is 92.7 Å². The second kappa shape index (κ2) is 7.67. The molecule has 0 saturated carbocycles. The van der Waals surface area contributed by atoms with Gasteiger partial charge >= 0.3 is 0 Å². The van der Waals surface area contributed by atoms with Gasteiger partial charge in [0.05, 0.1) is 12.2 Å². The van der Waals surface area contributed by atoms with E-state index in [-0.39, 0.29) is 11.9 Å². The number of fused-ring (bicyclic) bond motifs is 1. The van der Waals surface area contributed by atoms with Gasteiger partial charge in [0.1, 0.15) is 17.0 Å². The third-order valence-corrected chi connectivity index (χ3v) is 5.46. The number of hydrogen-bond donors (Lipinski definition) is 0. The maximum atomic E-state index is 13.2. The van der Waals surface area contributed by atoms with Crippen molar-refractivity contribution in [1.29, 1.82) is 0 Å². The molecule has 4 heterocycles. The Morgan fingerprint density at radius 3 is 2.82 bits per heavy atom. The molecule has 4 rings (SSSR count). The summed E-state index contributed by atoms with van der Waals surface area (Å²) in [6.45, 7) is 9.56. The number of aromatic nitrogens is 5. The molecule has 3 aromatic rings. The standard InChI is InChI=1S/C19H25N7O2/c1-4-24(5-2)11-14-9-20-18-15(10-21-26(18)12-14)19(27)25-8-6-7-16(25)17-13(3)22-28-23-17/h9-10,12,16H,4-8,11H2,1-3H3. The zero-order valence-corrected chi connectivity index (χ0v) is 16.5. The smallest absolute Gasteiger partial charge is 0.259 e. The van der Waals surface area contributed by atoms with E-state index in [1.807, 2.05) is 24.2 Å². The number of carbonyl (C=O) groups excluding carboxylic acids is 1. The molecule has 28 heavy (non-hydrogen) atoms. The van der Waals surface area contributed by atoms with Crippen LogP contribution >= 0.6 is 0 Å². The Bertz CT molecular complexity index is 976. The van der Waals surface area contributed by atoms with E-state index >= 15 is 0 Å². The number of likely N-dealkylation sites (tertiary alicyclic amines) is 1. The highest BCUT2D eigenvalue weighted by molar-refractivity contribution is 6.00. The molecule has 0 radical (unpaired) electrons. The Morgan fingerprint density at radius 1 is 1.29 bits per heavy atom. The van der Waals surface area contributed by atoms with Gasteiger partial charge < -0.3 is 4.90 Å². The average molecular weight is 383 g/mol. The van der Waals surface area contributed by atoms with Gasteiger partial charge in [-0.1, -0.05) is 24.2 Å². The molecule has 1 amide bonds. The van der Waals surface area contributed by atoms with Gasteiger partial charge in [0, 0.05) is 31.0 Å². The molecule has 0 aliphatic carbocycles. The predicted octanol–water partition coefficient (Wildman–Crippen LogP) is 2.24. The summed E-state index contributed by atoms with van der Waals surface area (Å²) in [6.07, 6.45) is 7.16. The Balaban J connectivity index is 1.60. The minimum absolute atomic E-state index is 0.0797. The maximum Gasteiger partial charge on any atom is 0.259 e. The highest BCUT2D eigenvalue weighted by Crippen LogP contribution is 2.33. The normalized spacial score (nSPS) is 17.1. The fraction of sp³-hybridized carbons (Fsp3) is 0.526. The molecule has 9 heteroatoms. The number of nitrogens with zero attached hydrogens (tertiary/aromatic N) is 7. The van der Waals surface area contributed by atoms with Crippen LogP contribution in [0.3, 0.4) is 0 Å². The molecule has 1 fully saturated rings. The number of rotatable bonds is 6. The number of aryl methyl sites for hydroxylation is 1. The predicted molar refractivity (Wildman–Crippen MR) is 102 cm³/mol. The Labute approximate surface area is 163 Å². The highest BCUT2D eigenvalue weighted by atomic mass is 16.6. The average Bonchev–Trinajstić information content (AvgIpc) is 3.44. The SMILES string of the molecule is CCN(CC)Cc1cnc2c(C(=O)N3CCCC3c3nonc3C)cnn2c1. The minimum atomic E-state index is -0.115. The summed E-state index contributed by atoms with van der Waals surface area (Å²) < 4.78 is 6.53. The molecular formula is C19H25N7O2. The van der Waals surface area contributed by atoms with Crippen LogP contribution in [-0.2, 0) is 6.54 Å². The molecular weight excluding hydrogens is 358 g/mol. The van der Waals surface area contributed by atoms with Crippen molar-refractivity contribution >= 4 is 11.6 Å². The second-order valence-electron chi connectivity index (χ2n) is 7.14. The van der Waals surface area contributed by atoms with Crippen LogP contribution in [0, 0.1) is 6.92 Å². The quantitative estimate of drug-likeness (QED) is 0.644. The summed E-state index contributed by atoms with van der Waals surface area (Å²) >= 11 is 0. The fourth-order valence-electron chi connectivity index (χ4n) is 3.84. The monoisotopic (exact) mass is 383 g/mol. The summed E-state index contributed by atoms with van der Waals surface area (Å²) in [5, 5.41) is 12.2. The van der Waals surface area contributed by atoms with Crippen LogP contribution in [0.4, 0.5) is 0 Å². The summed E-state index contributed by atoms with van der Waals surface area (Å²) in [4.78, 5) is 21.9. The second-order valence-corrected chi connectivity index (χ2v) is 7.14. The van der Waals surface area contributed by atoms with Gasteiger partial charge in [0.2, 0.25) is 0 Å². The van der Waals surface area contributed by atoms with E-state index < -0.39 is 0 Å².